The van der Waals surface area contributed by atoms with Crippen molar-refractivity contribution in [2.45, 2.75) is 101 Å². The molecule has 3 fully saturated rings. The standard InChI is InChI=1S/C23H37N5O4S/c1-23(2,3)20(28-13-18(25-26-28)14-8-9-14)22(31)27-12-16(29)11-19(27)21(30)24-15-6-5-7-17(10-15)33(4)32/h13-17,19-20,29H,5-12H2,1-4H3,(H,24,30)/t15?,16-,17?,19+,20-,33?/m0/s1. The Hall–Kier alpha value is -1.81. The average Bonchev–Trinajstić information content (AvgIpc) is 3.34. The molecule has 0 aromatic carbocycles. The Labute approximate surface area is 198 Å². The van der Waals surface area contributed by atoms with Gasteiger partial charge in [-0.3, -0.25) is 13.8 Å². The van der Waals surface area contributed by atoms with E-state index in [2.05, 4.69) is 15.6 Å². The van der Waals surface area contributed by atoms with Gasteiger partial charge in [0.1, 0.15) is 12.1 Å². The summed E-state index contributed by atoms with van der Waals surface area (Å²) in [7, 11) is -0.915. The molecule has 9 nitrogen and oxygen atoms in total. The number of amides is 2. The Kier molecular flexibility index (Phi) is 6.96. The zero-order chi connectivity index (χ0) is 23.9. The first-order valence-corrected chi connectivity index (χ1v) is 13.7. The van der Waals surface area contributed by atoms with Crippen molar-refractivity contribution in [2.75, 3.05) is 12.8 Å². The van der Waals surface area contributed by atoms with Gasteiger partial charge < -0.3 is 15.3 Å². The average molecular weight is 480 g/mol. The van der Waals surface area contributed by atoms with E-state index in [0.29, 0.717) is 12.3 Å². The zero-order valence-electron chi connectivity index (χ0n) is 20.1. The zero-order valence-corrected chi connectivity index (χ0v) is 20.9. The first-order valence-electron chi connectivity index (χ1n) is 12.1. The Morgan fingerprint density at radius 2 is 1.94 bits per heavy atom. The molecule has 4 rings (SSSR count). The van der Waals surface area contributed by atoms with Crippen LogP contribution in [0.3, 0.4) is 0 Å². The summed E-state index contributed by atoms with van der Waals surface area (Å²) in [5.41, 5.74) is 0.454. The first-order chi connectivity index (χ1) is 15.5. The molecule has 0 radical (unpaired) electrons. The molecular formula is C23H37N5O4S. The van der Waals surface area contributed by atoms with Crippen LogP contribution in [-0.4, -0.2) is 77.3 Å². The van der Waals surface area contributed by atoms with Crippen molar-refractivity contribution in [3.05, 3.63) is 11.9 Å². The van der Waals surface area contributed by atoms with E-state index in [1.54, 1.807) is 10.9 Å². The first kappa shape index (κ1) is 24.3. The molecule has 10 heteroatoms. The molecule has 2 N–H and O–H groups in total. The van der Waals surface area contributed by atoms with Gasteiger partial charge in [-0.25, -0.2) is 4.68 Å². The highest BCUT2D eigenvalue weighted by Crippen LogP contribution is 2.40. The number of carbonyl (C=O) groups excluding carboxylic acids is 2. The fourth-order valence-corrected chi connectivity index (χ4v) is 6.20. The van der Waals surface area contributed by atoms with Crippen molar-refractivity contribution in [2.24, 2.45) is 5.41 Å². The predicted octanol–water partition coefficient (Wildman–Crippen LogP) is 1.51. The summed E-state index contributed by atoms with van der Waals surface area (Å²) in [6, 6.07) is -1.40. The predicted molar refractivity (Wildman–Crippen MR) is 125 cm³/mol. The van der Waals surface area contributed by atoms with Gasteiger partial charge in [-0.15, -0.1) is 5.10 Å². The minimum absolute atomic E-state index is 0.0512. The van der Waals surface area contributed by atoms with Crippen LogP contribution in [0.2, 0.25) is 0 Å². The highest BCUT2D eigenvalue weighted by Gasteiger charge is 2.46. The maximum atomic E-state index is 13.8. The normalized spacial score (nSPS) is 30.2. The molecule has 184 valence electrons. The Bertz CT molecular complexity index is 909. The number of aliphatic hydroxyl groups is 1. The molecule has 2 amide bonds. The molecule has 3 aliphatic rings. The van der Waals surface area contributed by atoms with Gasteiger partial charge in [0.2, 0.25) is 11.8 Å². The molecule has 6 atom stereocenters. The van der Waals surface area contributed by atoms with Crippen LogP contribution in [0.4, 0.5) is 0 Å². The third kappa shape index (κ3) is 5.48. The van der Waals surface area contributed by atoms with E-state index in [-0.39, 0.29) is 36.1 Å². The molecular weight excluding hydrogens is 442 g/mol. The maximum absolute atomic E-state index is 13.8. The van der Waals surface area contributed by atoms with Gasteiger partial charge >= 0.3 is 0 Å². The molecule has 2 saturated carbocycles. The lowest BCUT2D eigenvalue weighted by Crippen LogP contribution is -2.52. The SMILES string of the molecule is CS(=O)C1CCCC(NC(=O)[C@H]2C[C@H](O)CN2C(=O)[C@H](n2cc(C3CC3)nn2)C(C)(C)C)C1. The van der Waals surface area contributed by atoms with Crippen molar-refractivity contribution in [1.82, 2.24) is 25.2 Å². The van der Waals surface area contributed by atoms with Gasteiger partial charge in [-0.2, -0.15) is 0 Å². The van der Waals surface area contributed by atoms with Crippen molar-refractivity contribution in [3.63, 3.8) is 0 Å². The second-order valence-electron chi connectivity index (χ2n) is 11.1. The molecule has 0 bridgehead atoms. The third-order valence-electron chi connectivity index (χ3n) is 7.15. The third-order valence-corrected chi connectivity index (χ3v) is 8.52. The second-order valence-corrected chi connectivity index (χ2v) is 12.7. The molecule has 1 saturated heterocycles. The summed E-state index contributed by atoms with van der Waals surface area (Å²) in [6.07, 6.45) is 8.61. The highest BCUT2D eigenvalue weighted by molar-refractivity contribution is 7.84. The van der Waals surface area contributed by atoms with Crippen molar-refractivity contribution < 1.29 is 18.9 Å². The summed E-state index contributed by atoms with van der Waals surface area (Å²) in [6.45, 7) is 6.05. The number of aromatic nitrogens is 3. The van der Waals surface area contributed by atoms with Crippen LogP contribution in [0.1, 0.15) is 83.4 Å². The number of nitrogens with zero attached hydrogens (tertiary/aromatic N) is 4. The number of carbonyl (C=O) groups is 2. The fourth-order valence-electron chi connectivity index (χ4n) is 5.20. The van der Waals surface area contributed by atoms with Crippen LogP contribution in [-0.2, 0) is 20.4 Å². The summed E-state index contributed by atoms with van der Waals surface area (Å²) >= 11 is 0. The number of nitrogens with one attached hydrogen (secondary N) is 1. The van der Waals surface area contributed by atoms with Gasteiger partial charge in [0.25, 0.3) is 0 Å². The summed E-state index contributed by atoms with van der Waals surface area (Å²) in [5.74, 6) is -0.0293. The van der Waals surface area contributed by atoms with Crippen LogP contribution in [0.15, 0.2) is 6.20 Å². The van der Waals surface area contributed by atoms with E-state index in [9.17, 15) is 18.9 Å². The van der Waals surface area contributed by atoms with Crippen LogP contribution >= 0.6 is 0 Å². The largest absolute Gasteiger partial charge is 0.391 e. The lowest BCUT2D eigenvalue weighted by molar-refractivity contribution is -0.144. The van der Waals surface area contributed by atoms with Gasteiger partial charge in [0.05, 0.1) is 11.8 Å². The monoisotopic (exact) mass is 479 g/mol. The molecule has 2 aliphatic carbocycles. The molecule has 1 aromatic heterocycles. The van der Waals surface area contributed by atoms with Gasteiger partial charge in [0.15, 0.2) is 0 Å². The van der Waals surface area contributed by atoms with Gasteiger partial charge in [0, 0.05) is 53.4 Å². The lowest BCUT2D eigenvalue weighted by atomic mass is 9.85. The smallest absolute Gasteiger partial charge is 0.248 e. The van der Waals surface area contributed by atoms with Crippen molar-refractivity contribution in [3.8, 4) is 0 Å². The van der Waals surface area contributed by atoms with Crippen LogP contribution in [0, 0.1) is 5.41 Å². The molecule has 2 heterocycles. The minimum atomic E-state index is -0.915. The highest BCUT2D eigenvalue weighted by atomic mass is 32.2. The number of aliphatic hydroxyl groups excluding tert-OH is 1. The van der Waals surface area contributed by atoms with E-state index in [1.165, 1.54) is 4.90 Å². The molecule has 1 aliphatic heterocycles. The number of β-amino-alcohol motifs (C(OH)–C–C–N with tert-alkyl or cyclic N) is 1. The maximum Gasteiger partial charge on any atom is 0.248 e. The van der Waals surface area contributed by atoms with Crippen LogP contribution < -0.4 is 5.32 Å². The summed E-state index contributed by atoms with van der Waals surface area (Å²) < 4.78 is 13.6. The lowest BCUT2D eigenvalue weighted by Gasteiger charge is -2.35. The van der Waals surface area contributed by atoms with Crippen molar-refractivity contribution >= 4 is 22.6 Å². The quantitative estimate of drug-likeness (QED) is 0.639. The van der Waals surface area contributed by atoms with Gasteiger partial charge in [-0.05, 0) is 37.5 Å². The number of rotatable bonds is 6. The van der Waals surface area contributed by atoms with E-state index < -0.39 is 34.4 Å². The molecule has 33 heavy (non-hydrogen) atoms. The summed E-state index contributed by atoms with van der Waals surface area (Å²) in [4.78, 5) is 28.5. The fraction of sp³-hybridized carbons (Fsp3) is 0.826. The van der Waals surface area contributed by atoms with Crippen LogP contribution in [0.5, 0.6) is 0 Å². The number of hydrogen-bond acceptors (Lipinski definition) is 6. The Morgan fingerprint density at radius 1 is 1.21 bits per heavy atom. The molecule has 1 aromatic rings. The Balaban J connectivity index is 1.50. The van der Waals surface area contributed by atoms with Crippen molar-refractivity contribution in [1.29, 1.82) is 0 Å². The number of hydrogen-bond donors (Lipinski definition) is 2. The van der Waals surface area contributed by atoms with Crippen LogP contribution in [0.25, 0.3) is 0 Å². The second kappa shape index (κ2) is 9.44. The minimum Gasteiger partial charge on any atom is -0.391 e. The topological polar surface area (TPSA) is 117 Å². The van der Waals surface area contributed by atoms with E-state index in [0.717, 1.165) is 37.8 Å². The number of likely N-dealkylation sites (tertiary alicyclic amines) is 1. The van der Waals surface area contributed by atoms with Gasteiger partial charge in [-0.1, -0.05) is 32.4 Å². The van der Waals surface area contributed by atoms with E-state index in [1.807, 2.05) is 27.0 Å². The molecule has 0 spiro atoms. The molecule has 3 unspecified atom stereocenters. The summed E-state index contributed by atoms with van der Waals surface area (Å²) in [5, 5.41) is 22.1. The Morgan fingerprint density at radius 3 is 2.58 bits per heavy atom. The van der Waals surface area contributed by atoms with E-state index in [4.69, 9.17) is 0 Å². The van der Waals surface area contributed by atoms with E-state index >= 15 is 0 Å².